The molecule has 0 bridgehead atoms. The van der Waals surface area contributed by atoms with Crippen molar-refractivity contribution in [2.75, 3.05) is 5.32 Å². The molecule has 0 aliphatic heterocycles. The lowest BCUT2D eigenvalue weighted by Gasteiger charge is -2.12. The van der Waals surface area contributed by atoms with Crippen molar-refractivity contribution in [1.82, 2.24) is 9.97 Å². The van der Waals surface area contributed by atoms with Gasteiger partial charge in [-0.15, -0.1) is 0 Å². The molecule has 1 heterocycles. The highest BCUT2D eigenvalue weighted by atomic mass is 16.4. The number of hydrogen-bond acceptors (Lipinski definition) is 5. The van der Waals surface area contributed by atoms with Crippen LogP contribution in [-0.2, 0) is 9.59 Å². The number of H-pyrrole nitrogens is 1. The van der Waals surface area contributed by atoms with Crippen molar-refractivity contribution in [3.05, 3.63) is 22.7 Å². The van der Waals surface area contributed by atoms with Gasteiger partial charge in [-0.05, 0) is 6.07 Å². The van der Waals surface area contributed by atoms with Crippen molar-refractivity contribution < 1.29 is 19.8 Å². The standard InChI is InChI=1S/C8H9N3O5/c12-6(13)3-4(7(14)15)10-5-1-2-9-8(16)11-5/h1-2,4H,3H2,(H,12,13)(H,14,15)(H2,9,10,11,16). The first-order chi connectivity index (χ1) is 7.49. The Bertz CT molecular complexity index is 455. The molecule has 1 rings (SSSR count). The van der Waals surface area contributed by atoms with Gasteiger partial charge in [0.25, 0.3) is 0 Å². The van der Waals surface area contributed by atoms with Gasteiger partial charge < -0.3 is 15.5 Å². The van der Waals surface area contributed by atoms with Gasteiger partial charge in [0.05, 0.1) is 6.42 Å². The fraction of sp³-hybridized carbons (Fsp3) is 0.250. The number of rotatable bonds is 5. The summed E-state index contributed by atoms with van der Waals surface area (Å²) in [7, 11) is 0. The first-order valence-corrected chi connectivity index (χ1v) is 4.25. The first-order valence-electron chi connectivity index (χ1n) is 4.25. The van der Waals surface area contributed by atoms with Gasteiger partial charge in [0, 0.05) is 6.20 Å². The Hall–Kier alpha value is -2.38. The molecular formula is C8H9N3O5. The third-order valence-electron chi connectivity index (χ3n) is 1.68. The highest BCUT2D eigenvalue weighted by Crippen LogP contribution is 2.03. The lowest BCUT2D eigenvalue weighted by atomic mass is 10.2. The topological polar surface area (TPSA) is 132 Å². The molecule has 4 N–H and O–H groups in total. The van der Waals surface area contributed by atoms with Crippen LogP contribution >= 0.6 is 0 Å². The summed E-state index contributed by atoms with van der Waals surface area (Å²) in [5.74, 6) is -2.47. The normalized spacial score (nSPS) is 11.8. The summed E-state index contributed by atoms with van der Waals surface area (Å²) in [5.41, 5.74) is -0.649. The monoisotopic (exact) mass is 227 g/mol. The zero-order valence-corrected chi connectivity index (χ0v) is 8.01. The molecule has 0 saturated carbocycles. The number of aromatic nitrogens is 2. The largest absolute Gasteiger partial charge is 0.481 e. The van der Waals surface area contributed by atoms with Gasteiger partial charge in [-0.3, -0.25) is 9.78 Å². The van der Waals surface area contributed by atoms with Gasteiger partial charge >= 0.3 is 17.6 Å². The molecule has 8 nitrogen and oxygen atoms in total. The summed E-state index contributed by atoms with van der Waals surface area (Å²) in [6.07, 6.45) is 0.584. The van der Waals surface area contributed by atoms with Crippen LogP contribution in [0.1, 0.15) is 6.42 Å². The van der Waals surface area contributed by atoms with Crippen molar-refractivity contribution in [2.45, 2.75) is 12.5 Å². The SMILES string of the molecule is O=C(O)CC(Nc1ccnc(=O)[nH]1)C(=O)O. The van der Waals surface area contributed by atoms with Gasteiger partial charge in [0.1, 0.15) is 11.9 Å². The number of aliphatic carboxylic acids is 2. The van der Waals surface area contributed by atoms with Crippen LogP contribution in [0.15, 0.2) is 17.1 Å². The minimum atomic E-state index is -1.32. The minimum Gasteiger partial charge on any atom is -0.481 e. The third kappa shape index (κ3) is 3.40. The van der Waals surface area contributed by atoms with E-state index in [1.165, 1.54) is 12.3 Å². The van der Waals surface area contributed by atoms with E-state index in [0.717, 1.165) is 0 Å². The molecule has 0 aliphatic rings. The second kappa shape index (κ2) is 4.91. The minimum absolute atomic E-state index is 0.105. The maximum atomic E-state index is 10.8. The number of hydrogen-bond donors (Lipinski definition) is 4. The molecule has 1 aromatic heterocycles. The summed E-state index contributed by atoms with van der Waals surface area (Å²) in [6.45, 7) is 0. The molecule has 0 aromatic carbocycles. The van der Waals surface area contributed by atoms with Gasteiger partial charge in [-0.1, -0.05) is 0 Å². The van der Waals surface area contributed by atoms with Crippen molar-refractivity contribution in [3.63, 3.8) is 0 Å². The average Bonchev–Trinajstić information content (AvgIpc) is 2.15. The van der Waals surface area contributed by atoms with Crippen molar-refractivity contribution in [3.8, 4) is 0 Å². The van der Waals surface area contributed by atoms with Gasteiger partial charge in [-0.25, -0.2) is 14.6 Å². The molecule has 0 aliphatic carbocycles. The van der Waals surface area contributed by atoms with Crippen molar-refractivity contribution >= 4 is 17.8 Å². The lowest BCUT2D eigenvalue weighted by molar-refractivity contribution is -0.144. The quantitative estimate of drug-likeness (QED) is 0.512. The van der Waals surface area contributed by atoms with Gasteiger partial charge in [-0.2, -0.15) is 0 Å². The molecule has 0 radical (unpaired) electrons. The molecule has 1 aromatic rings. The maximum absolute atomic E-state index is 10.8. The molecule has 0 saturated heterocycles. The van der Waals surface area contributed by atoms with E-state index in [2.05, 4.69) is 15.3 Å². The van der Waals surface area contributed by atoms with Crippen LogP contribution < -0.4 is 11.0 Å². The summed E-state index contributed by atoms with van der Waals surface area (Å²) >= 11 is 0. The predicted molar refractivity (Wildman–Crippen MR) is 52.2 cm³/mol. The molecule has 86 valence electrons. The first kappa shape index (κ1) is 11.7. The van der Waals surface area contributed by atoms with Crippen LogP contribution in [0.2, 0.25) is 0 Å². The van der Waals surface area contributed by atoms with E-state index in [-0.39, 0.29) is 5.82 Å². The van der Waals surface area contributed by atoms with E-state index in [9.17, 15) is 14.4 Å². The Morgan fingerprint density at radius 2 is 2.19 bits per heavy atom. The molecule has 1 unspecified atom stereocenters. The zero-order valence-electron chi connectivity index (χ0n) is 8.01. The molecule has 8 heteroatoms. The summed E-state index contributed by atoms with van der Waals surface area (Å²) in [5, 5.41) is 19.6. The fourth-order valence-electron chi connectivity index (χ4n) is 1.02. The number of carboxylic acid groups (broad SMARTS) is 2. The molecule has 0 fully saturated rings. The average molecular weight is 227 g/mol. The molecular weight excluding hydrogens is 218 g/mol. The second-order valence-corrected chi connectivity index (χ2v) is 2.92. The lowest BCUT2D eigenvalue weighted by Crippen LogP contribution is -2.32. The van der Waals surface area contributed by atoms with E-state index in [1.54, 1.807) is 0 Å². The van der Waals surface area contributed by atoms with Crippen LogP contribution in [0.4, 0.5) is 5.82 Å². The van der Waals surface area contributed by atoms with Crippen molar-refractivity contribution in [2.24, 2.45) is 0 Å². The summed E-state index contributed by atoms with van der Waals surface area (Å²) in [4.78, 5) is 37.4. The van der Waals surface area contributed by atoms with Gasteiger partial charge in [0.2, 0.25) is 0 Å². The number of nitrogens with zero attached hydrogens (tertiary/aromatic N) is 1. The number of aromatic amines is 1. The van der Waals surface area contributed by atoms with E-state index >= 15 is 0 Å². The van der Waals surface area contributed by atoms with Crippen LogP contribution in [0.5, 0.6) is 0 Å². The van der Waals surface area contributed by atoms with E-state index in [0.29, 0.717) is 0 Å². The van der Waals surface area contributed by atoms with Crippen LogP contribution in [0, 0.1) is 0 Å². The molecule has 1 atom stereocenters. The Labute approximate surface area is 89.0 Å². The van der Waals surface area contributed by atoms with Crippen LogP contribution in [-0.4, -0.2) is 38.2 Å². The summed E-state index contributed by atoms with van der Waals surface area (Å²) < 4.78 is 0. The number of anilines is 1. The molecule has 0 amide bonds. The fourth-order valence-corrected chi connectivity index (χ4v) is 1.02. The second-order valence-electron chi connectivity index (χ2n) is 2.92. The number of carbonyl (C=O) groups is 2. The Morgan fingerprint density at radius 3 is 2.69 bits per heavy atom. The number of carboxylic acids is 2. The van der Waals surface area contributed by atoms with E-state index < -0.39 is 30.1 Å². The van der Waals surface area contributed by atoms with Crippen LogP contribution in [0.3, 0.4) is 0 Å². The zero-order chi connectivity index (χ0) is 12.1. The Morgan fingerprint density at radius 1 is 1.50 bits per heavy atom. The third-order valence-corrected chi connectivity index (χ3v) is 1.68. The van der Waals surface area contributed by atoms with E-state index in [1.807, 2.05) is 0 Å². The van der Waals surface area contributed by atoms with E-state index in [4.69, 9.17) is 10.2 Å². The van der Waals surface area contributed by atoms with Gasteiger partial charge in [0.15, 0.2) is 0 Å². The Balaban J connectivity index is 2.79. The highest BCUT2D eigenvalue weighted by Gasteiger charge is 2.20. The highest BCUT2D eigenvalue weighted by molar-refractivity contribution is 5.83. The smallest absolute Gasteiger partial charge is 0.346 e. The maximum Gasteiger partial charge on any atom is 0.346 e. The Kier molecular flexibility index (Phi) is 3.59. The predicted octanol–water partition coefficient (Wildman–Crippen LogP) is -0.890. The number of nitrogens with one attached hydrogen (secondary N) is 2. The summed E-state index contributed by atoms with van der Waals surface area (Å²) in [6, 6.07) is 0.0229. The van der Waals surface area contributed by atoms with Crippen molar-refractivity contribution in [1.29, 1.82) is 0 Å². The van der Waals surface area contributed by atoms with Crippen LogP contribution in [0.25, 0.3) is 0 Å². The molecule has 16 heavy (non-hydrogen) atoms. The molecule has 0 spiro atoms.